The average Bonchev–Trinajstić information content (AvgIpc) is 2.51. The Hall–Kier alpha value is -0.800. The number of nitrogens with one attached hydrogen (secondary N) is 1. The van der Waals surface area contributed by atoms with E-state index in [1.807, 2.05) is 12.1 Å². The van der Waals surface area contributed by atoms with Crippen molar-refractivity contribution in [2.75, 3.05) is 13.7 Å². The third-order valence-electron chi connectivity index (χ3n) is 2.03. The summed E-state index contributed by atoms with van der Waals surface area (Å²) in [5.41, 5.74) is 0.169. The summed E-state index contributed by atoms with van der Waals surface area (Å²) in [7, 11) is 1.67. The summed E-state index contributed by atoms with van der Waals surface area (Å²) in [5, 5.41) is 3.42. The topological polar surface area (TPSA) is 34.4 Å². The molecule has 1 N–H and O–H groups in total. The summed E-state index contributed by atoms with van der Waals surface area (Å²) in [6.07, 6.45) is 0.918. The van der Waals surface area contributed by atoms with Crippen molar-refractivity contribution in [3.63, 3.8) is 0 Å². The molecule has 0 bridgehead atoms. The molecule has 0 aromatic carbocycles. The molecular formula is C12H21NO2. The van der Waals surface area contributed by atoms with Crippen LogP contribution in [0.15, 0.2) is 16.5 Å². The number of rotatable bonds is 5. The molecule has 3 heteroatoms. The highest BCUT2D eigenvalue weighted by Gasteiger charge is 2.08. The second-order valence-corrected chi connectivity index (χ2v) is 4.73. The highest BCUT2D eigenvalue weighted by molar-refractivity contribution is 5.06. The molecule has 3 nitrogen and oxygen atoms in total. The summed E-state index contributed by atoms with van der Waals surface area (Å²) in [5.74, 6) is 1.90. The van der Waals surface area contributed by atoms with Crippen LogP contribution < -0.4 is 5.32 Å². The first-order valence-electron chi connectivity index (χ1n) is 5.33. The maximum absolute atomic E-state index is 5.57. The van der Waals surface area contributed by atoms with Crippen LogP contribution in [0.5, 0.6) is 0 Å². The Kier molecular flexibility index (Phi) is 4.36. The van der Waals surface area contributed by atoms with E-state index < -0.39 is 0 Å². The van der Waals surface area contributed by atoms with Crippen molar-refractivity contribution in [2.24, 2.45) is 0 Å². The minimum absolute atomic E-state index is 0.169. The van der Waals surface area contributed by atoms with Crippen LogP contribution in [0.25, 0.3) is 0 Å². The van der Waals surface area contributed by atoms with E-state index in [0.717, 1.165) is 24.5 Å². The SMILES string of the molecule is COCc1ccc(CCNC(C)(C)C)o1. The Morgan fingerprint density at radius 1 is 1.27 bits per heavy atom. The minimum Gasteiger partial charge on any atom is -0.464 e. The summed E-state index contributed by atoms with van der Waals surface area (Å²) in [4.78, 5) is 0. The normalized spacial score (nSPS) is 12.0. The van der Waals surface area contributed by atoms with Crippen molar-refractivity contribution in [3.8, 4) is 0 Å². The molecule has 86 valence electrons. The van der Waals surface area contributed by atoms with E-state index in [0.29, 0.717) is 6.61 Å². The average molecular weight is 211 g/mol. The number of hydrogen-bond acceptors (Lipinski definition) is 3. The zero-order valence-electron chi connectivity index (χ0n) is 10.1. The summed E-state index contributed by atoms with van der Waals surface area (Å²) < 4.78 is 10.6. The molecule has 0 saturated carbocycles. The molecule has 1 aromatic heterocycles. The fourth-order valence-corrected chi connectivity index (χ4v) is 1.34. The van der Waals surface area contributed by atoms with Gasteiger partial charge in [-0.15, -0.1) is 0 Å². The summed E-state index contributed by atoms with van der Waals surface area (Å²) in [6, 6.07) is 3.98. The molecule has 0 unspecified atom stereocenters. The van der Waals surface area contributed by atoms with Gasteiger partial charge in [-0.1, -0.05) is 0 Å². The lowest BCUT2D eigenvalue weighted by atomic mass is 10.1. The third-order valence-corrected chi connectivity index (χ3v) is 2.03. The molecule has 1 aromatic rings. The number of ether oxygens (including phenoxy) is 1. The largest absolute Gasteiger partial charge is 0.464 e. The standard InChI is InChI=1S/C12H21NO2/c1-12(2,3)13-8-7-10-5-6-11(15-10)9-14-4/h5-6,13H,7-9H2,1-4H3. The molecule has 1 rings (SSSR count). The Labute approximate surface area is 91.8 Å². The van der Waals surface area contributed by atoms with Gasteiger partial charge in [0.05, 0.1) is 0 Å². The van der Waals surface area contributed by atoms with Crippen molar-refractivity contribution >= 4 is 0 Å². The second kappa shape index (κ2) is 5.33. The van der Waals surface area contributed by atoms with E-state index >= 15 is 0 Å². The van der Waals surface area contributed by atoms with Gasteiger partial charge in [0.25, 0.3) is 0 Å². The van der Waals surface area contributed by atoms with Crippen LogP contribution in [-0.4, -0.2) is 19.2 Å². The van der Waals surface area contributed by atoms with Gasteiger partial charge in [-0.05, 0) is 32.9 Å². The molecule has 0 radical (unpaired) electrons. The van der Waals surface area contributed by atoms with Gasteiger partial charge < -0.3 is 14.5 Å². The van der Waals surface area contributed by atoms with Crippen LogP contribution in [0.3, 0.4) is 0 Å². The van der Waals surface area contributed by atoms with Crippen molar-refractivity contribution in [2.45, 2.75) is 39.3 Å². The molecule has 0 amide bonds. The monoisotopic (exact) mass is 211 g/mol. The maximum Gasteiger partial charge on any atom is 0.129 e. The minimum atomic E-state index is 0.169. The lowest BCUT2D eigenvalue weighted by molar-refractivity contribution is 0.162. The first-order valence-corrected chi connectivity index (χ1v) is 5.33. The lowest BCUT2D eigenvalue weighted by Gasteiger charge is -2.19. The molecule has 0 saturated heterocycles. The van der Waals surface area contributed by atoms with E-state index in [1.165, 1.54) is 0 Å². The molecule has 15 heavy (non-hydrogen) atoms. The van der Waals surface area contributed by atoms with Gasteiger partial charge in [0.2, 0.25) is 0 Å². The Bertz CT molecular complexity index is 286. The molecule has 0 aliphatic carbocycles. The van der Waals surface area contributed by atoms with Crippen molar-refractivity contribution in [3.05, 3.63) is 23.7 Å². The second-order valence-electron chi connectivity index (χ2n) is 4.73. The maximum atomic E-state index is 5.57. The summed E-state index contributed by atoms with van der Waals surface area (Å²) in [6.45, 7) is 7.96. The first kappa shape index (κ1) is 12.3. The van der Waals surface area contributed by atoms with E-state index in [9.17, 15) is 0 Å². The predicted molar refractivity (Wildman–Crippen MR) is 60.9 cm³/mol. The number of methoxy groups -OCH3 is 1. The van der Waals surface area contributed by atoms with Gasteiger partial charge in [-0.25, -0.2) is 0 Å². The van der Waals surface area contributed by atoms with Crippen LogP contribution in [0.2, 0.25) is 0 Å². The smallest absolute Gasteiger partial charge is 0.129 e. The molecule has 0 spiro atoms. The lowest BCUT2D eigenvalue weighted by Crippen LogP contribution is -2.37. The van der Waals surface area contributed by atoms with Crippen LogP contribution in [0, 0.1) is 0 Å². The van der Waals surface area contributed by atoms with Crippen LogP contribution >= 0.6 is 0 Å². The Balaban J connectivity index is 2.31. The van der Waals surface area contributed by atoms with Gasteiger partial charge in [0.1, 0.15) is 18.1 Å². The molecule has 0 fully saturated rings. The fourth-order valence-electron chi connectivity index (χ4n) is 1.34. The highest BCUT2D eigenvalue weighted by atomic mass is 16.5. The van der Waals surface area contributed by atoms with Gasteiger partial charge in [-0.3, -0.25) is 0 Å². The molecule has 0 aliphatic rings. The van der Waals surface area contributed by atoms with Crippen molar-refractivity contribution in [1.29, 1.82) is 0 Å². The fraction of sp³-hybridized carbons (Fsp3) is 0.667. The van der Waals surface area contributed by atoms with E-state index in [4.69, 9.17) is 9.15 Å². The quantitative estimate of drug-likeness (QED) is 0.812. The van der Waals surface area contributed by atoms with Crippen molar-refractivity contribution in [1.82, 2.24) is 5.32 Å². The van der Waals surface area contributed by atoms with E-state index in [2.05, 4.69) is 26.1 Å². The third kappa shape index (κ3) is 5.00. The van der Waals surface area contributed by atoms with Gasteiger partial charge in [0.15, 0.2) is 0 Å². The number of hydrogen-bond donors (Lipinski definition) is 1. The molecule has 0 atom stereocenters. The zero-order chi connectivity index (χ0) is 11.3. The molecule has 0 aliphatic heterocycles. The highest BCUT2D eigenvalue weighted by Crippen LogP contribution is 2.09. The van der Waals surface area contributed by atoms with Gasteiger partial charge in [-0.2, -0.15) is 0 Å². The van der Waals surface area contributed by atoms with Crippen LogP contribution in [-0.2, 0) is 17.8 Å². The van der Waals surface area contributed by atoms with Gasteiger partial charge >= 0.3 is 0 Å². The zero-order valence-corrected chi connectivity index (χ0v) is 10.1. The Morgan fingerprint density at radius 2 is 1.93 bits per heavy atom. The predicted octanol–water partition coefficient (Wildman–Crippen LogP) is 2.36. The molecular weight excluding hydrogens is 190 g/mol. The van der Waals surface area contributed by atoms with E-state index in [-0.39, 0.29) is 5.54 Å². The van der Waals surface area contributed by atoms with Crippen molar-refractivity contribution < 1.29 is 9.15 Å². The first-order chi connectivity index (χ1) is 7.01. The summed E-state index contributed by atoms with van der Waals surface area (Å²) >= 11 is 0. The van der Waals surface area contributed by atoms with Crippen LogP contribution in [0.4, 0.5) is 0 Å². The number of furan rings is 1. The van der Waals surface area contributed by atoms with Gasteiger partial charge in [0, 0.05) is 25.6 Å². The van der Waals surface area contributed by atoms with Crippen LogP contribution in [0.1, 0.15) is 32.3 Å². The molecule has 1 heterocycles. The van der Waals surface area contributed by atoms with E-state index in [1.54, 1.807) is 7.11 Å². The Morgan fingerprint density at radius 3 is 2.53 bits per heavy atom.